The Morgan fingerprint density at radius 3 is 2.77 bits per heavy atom. The fourth-order valence-corrected chi connectivity index (χ4v) is 5.66. The molecule has 10 heteroatoms. The van der Waals surface area contributed by atoms with Crippen molar-refractivity contribution in [1.82, 2.24) is 24.3 Å². The summed E-state index contributed by atoms with van der Waals surface area (Å²) in [6.45, 7) is 11.9. The molecule has 210 valence electrons. The van der Waals surface area contributed by atoms with E-state index in [-0.39, 0.29) is 53.2 Å². The van der Waals surface area contributed by atoms with E-state index >= 15 is 4.39 Å². The maximum Gasteiger partial charge on any atom is 0.270 e. The number of anilines is 1. The average Bonchev–Trinajstić information content (AvgIpc) is 3.39. The second kappa shape index (κ2) is 10.4. The van der Waals surface area contributed by atoms with Crippen molar-refractivity contribution in [3.63, 3.8) is 0 Å². The van der Waals surface area contributed by atoms with Crippen LogP contribution in [0.25, 0.3) is 11.3 Å². The highest BCUT2D eigenvalue weighted by Crippen LogP contribution is 2.39. The lowest BCUT2D eigenvalue weighted by atomic mass is 9.90. The summed E-state index contributed by atoms with van der Waals surface area (Å²) < 4.78 is 23.6. The van der Waals surface area contributed by atoms with Crippen LogP contribution in [0.2, 0.25) is 0 Å². The third-order valence-corrected chi connectivity index (χ3v) is 7.81. The molecule has 1 aliphatic heterocycles. The molecule has 0 radical (unpaired) electrons. The summed E-state index contributed by atoms with van der Waals surface area (Å²) in [5, 5.41) is 0. The van der Waals surface area contributed by atoms with Crippen molar-refractivity contribution >= 4 is 17.6 Å². The van der Waals surface area contributed by atoms with Gasteiger partial charge < -0.3 is 24.8 Å². The molecule has 0 atom stereocenters. The number of nitrogen functional groups attached to an aromatic ring is 1. The van der Waals surface area contributed by atoms with Gasteiger partial charge in [-0.1, -0.05) is 20.4 Å². The number of carbonyl (C=O) groups excluding carboxylic acids is 2. The normalized spacial score (nSPS) is 15.5. The summed E-state index contributed by atoms with van der Waals surface area (Å²) in [7, 11) is 1.62. The van der Waals surface area contributed by atoms with Gasteiger partial charge in [-0.2, -0.15) is 0 Å². The SMILES string of the molecule is C=CC(=O)N(C)CCOc1c(N)ncnc1-c1cc(C)c(CN2CCn3c(cc4c3CC(C)(C)C4)C2=O)cc1F. The van der Waals surface area contributed by atoms with Gasteiger partial charge in [0.25, 0.3) is 5.91 Å². The first-order valence-electron chi connectivity index (χ1n) is 13.4. The Hall–Kier alpha value is -4.21. The van der Waals surface area contributed by atoms with Gasteiger partial charge in [-0.25, -0.2) is 14.4 Å². The van der Waals surface area contributed by atoms with Gasteiger partial charge in [0.15, 0.2) is 11.6 Å². The number of halogens is 1. The topological polar surface area (TPSA) is 107 Å². The zero-order chi connectivity index (χ0) is 28.8. The van der Waals surface area contributed by atoms with Gasteiger partial charge in [-0.15, -0.1) is 0 Å². The zero-order valence-electron chi connectivity index (χ0n) is 23.5. The number of aromatic nitrogens is 3. The second-order valence-electron chi connectivity index (χ2n) is 11.4. The monoisotopic (exact) mass is 546 g/mol. The van der Waals surface area contributed by atoms with Crippen LogP contribution in [-0.2, 0) is 30.7 Å². The Labute approximate surface area is 233 Å². The number of ether oxygens (including phenoxy) is 1. The van der Waals surface area contributed by atoms with Crippen LogP contribution in [0, 0.1) is 18.2 Å². The van der Waals surface area contributed by atoms with Crippen molar-refractivity contribution in [3.05, 3.63) is 71.1 Å². The lowest BCUT2D eigenvalue weighted by molar-refractivity contribution is -0.125. The smallest absolute Gasteiger partial charge is 0.270 e. The number of hydrogen-bond acceptors (Lipinski definition) is 6. The fourth-order valence-electron chi connectivity index (χ4n) is 5.66. The number of aryl methyl sites for hydroxylation is 1. The van der Waals surface area contributed by atoms with E-state index in [4.69, 9.17) is 10.5 Å². The molecule has 0 spiro atoms. The van der Waals surface area contributed by atoms with E-state index in [0.29, 0.717) is 13.1 Å². The van der Waals surface area contributed by atoms with Gasteiger partial charge in [-0.05, 0) is 66.1 Å². The number of benzene rings is 1. The van der Waals surface area contributed by atoms with Gasteiger partial charge in [-0.3, -0.25) is 9.59 Å². The minimum atomic E-state index is -0.503. The summed E-state index contributed by atoms with van der Waals surface area (Å²) >= 11 is 0. The van der Waals surface area contributed by atoms with Crippen molar-refractivity contribution < 1.29 is 18.7 Å². The largest absolute Gasteiger partial charge is 0.486 e. The summed E-state index contributed by atoms with van der Waals surface area (Å²) in [5.74, 6) is -0.554. The fraction of sp³-hybridized carbons (Fsp3) is 0.400. The third kappa shape index (κ3) is 5.05. The number of carbonyl (C=O) groups is 2. The van der Waals surface area contributed by atoms with E-state index in [1.165, 1.54) is 34.6 Å². The van der Waals surface area contributed by atoms with Crippen LogP contribution in [0.3, 0.4) is 0 Å². The van der Waals surface area contributed by atoms with Crippen molar-refractivity contribution in [2.75, 3.05) is 32.5 Å². The maximum atomic E-state index is 15.6. The Balaban J connectivity index is 1.35. The van der Waals surface area contributed by atoms with Gasteiger partial charge in [0.1, 0.15) is 30.1 Å². The van der Waals surface area contributed by atoms with Crippen LogP contribution in [0.5, 0.6) is 5.75 Å². The van der Waals surface area contributed by atoms with Crippen LogP contribution >= 0.6 is 0 Å². The highest BCUT2D eigenvalue weighted by Gasteiger charge is 2.36. The van der Waals surface area contributed by atoms with Gasteiger partial charge in [0.2, 0.25) is 5.91 Å². The summed E-state index contributed by atoms with van der Waals surface area (Å²) in [6, 6.07) is 5.19. The maximum absolute atomic E-state index is 15.6. The lowest BCUT2D eigenvalue weighted by Gasteiger charge is -2.30. The standard InChI is InChI=1S/C30H35FN6O3/c1-6-25(38)35(5)9-10-40-27-26(33-17-34-28(27)32)21-11-18(2)20(12-22(21)31)16-36-7-8-37-23(29(36)39)13-19-14-30(3,4)15-24(19)37/h6,11-13,17H,1,7-10,14-16H2,2-5H3,(H2,32,33,34). The molecule has 2 aliphatic rings. The van der Waals surface area contributed by atoms with Gasteiger partial charge in [0.05, 0.1) is 6.54 Å². The molecule has 3 aromatic rings. The predicted molar refractivity (Wildman–Crippen MR) is 150 cm³/mol. The van der Waals surface area contributed by atoms with Crippen LogP contribution in [0.1, 0.15) is 46.7 Å². The Morgan fingerprint density at radius 2 is 2.02 bits per heavy atom. The Kier molecular flexibility index (Phi) is 7.12. The van der Waals surface area contributed by atoms with E-state index in [9.17, 15) is 9.59 Å². The quantitative estimate of drug-likeness (QED) is 0.431. The zero-order valence-corrected chi connectivity index (χ0v) is 23.5. The molecule has 0 saturated carbocycles. The molecule has 2 aromatic heterocycles. The number of nitrogens with two attached hydrogens (primary N) is 1. The van der Waals surface area contributed by atoms with Gasteiger partial charge >= 0.3 is 0 Å². The first-order valence-corrected chi connectivity index (χ1v) is 13.4. The van der Waals surface area contributed by atoms with Crippen LogP contribution in [-0.4, -0.2) is 62.9 Å². The van der Waals surface area contributed by atoms with Crippen molar-refractivity contribution in [2.24, 2.45) is 5.41 Å². The lowest BCUT2D eigenvalue weighted by Crippen LogP contribution is -2.40. The predicted octanol–water partition coefficient (Wildman–Crippen LogP) is 3.78. The number of hydrogen-bond donors (Lipinski definition) is 1. The number of likely N-dealkylation sites (N-methyl/N-ethyl adjacent to an activating group) is 1. The number of amides is 2. The molecule has 0 unspecified atom stereocenters. The minimum Gasteiger partial charge on any atom is -0.486 e. The summed E-state index contributed by atoms with van der Waals surface area (Å²) in [4.78, 5) is 36.6. The average molecular weight is 547 g/mol. The first kappa shape index (κ1) is 27.4. The molecule has 40 heavy (non-hydrogen) atoms. The number of fused-ring (bicyclic) bond motifs is 3. The summed E-state index contributed by atoms with van der Waals surface area (Å²) in [6.07, 6.45) is 4.43. The first-order chi connectivity index (χ1) is 19.0. The van der Waals surface area contributed by atoms with E-state index in [0.717, 1.165) is 36.2 Å². The molecule has 1 aromatic carbocycles. The molecule has 5 rings (SSSR count). The Morgan fingerprint density at radius 1 is 1.25 bits per heavy atom. The highest BCUT2D eigenvalue weighted by molar-refractivity contribution is 5.94. The van der Waals surface area contributed by atoms with Crippen molar-refractivity contribution in [3.8, 4) is 17.0 Å². The van der Waals surface area contributed by atoms with E-state index < -0.39 is 5.82 Å². The summed E-state index contributed by atoms with van der Waals surface area (Å²) in [5.41, 5.74) is 11.5. The molecule has 0 bridgehead atoms. The molecule has 1 aliphatic carbocycles. The van der Waals surface area contributed by atoms with Crippen molar-refractivity contribution in [2.45, 2.75) is 46.7 Å². The minimum absolute atomic E-state index is 0.0264. The molecule has 9 nitrogen and oxygen atoms in total. The molecule has 2 amide bonds. The molecular weight excluding hydrogens is 511 g/mol. The third-order valence-electron chi connectivity index (χ3n) is 7.81. The van der Waals surface area contributed by atoms with Crippen molar-refractivity contribution in [1.29, 1.82) is 0 Å². The number of rotatable bonds is 8. The molecular formula is C30H35FN6O3. The second-order valence-corrected chi connectivity index (χ2v) is 11.4. The van der Waals surface area contributed by atoms with Crippen LogP contribution < -0.4 is 10.5 Å². The highest BCUT2D eigenvalue weighted by atomic mass is 19.1. The van der Waals surface area contributed by atoms with Crippen LogP contribution in [0.4, 0.5) is 10.2 Å². The van der Waals surface area contributed by atoms with Crippen LogP contribution in [0.15, 0.2) is 37.2 Å². The van der Waals surface area contributed by atoms with E-state index in [1.54, 1.807) is 18.0 Å². The van der Waals surface area contributed by atoms with E-state index in [1.807, 2.05) is 13.0 Å². The molecule has 0 fully saturated rings. The number of nitrogens with zero attached hydrogens (tertiary/aromatic N) is 5. The Bertz CT molecular complexity index is 1510. The molecule has 0 saturated heterocycles. The molecule has 3 heterocycles. The van der Waals surface area contributed by atoms with Gasteiger partial charge in [0, 0.05) is 37.9 Å². The molecule has 2 N–H and O–H groups in total. The van der Waals surface area contributed by atoms with E-state index in [2.05, 4.69) is 35.0 Å².